The quantitative estimate of drug-likeness (QED) is 0.821. The fourth-order valence-corrected chi connectivity index (χ4v) is 1.34. The highest BCUT2D eigenvalue weighted by atomic mass is 19.1. The average molecular weight is 233 g/mol. The molecule has 1 aromatic carbocycles. The van der Waals surface area contributed by atoms with Crippen LogP contribution in [0.5, 0.6) is 0 Å². The third kappa shape index (κ3) is 2.20. The van der Waals surface area contributed by atoms with Crippen LogP contribution in [0.1, 0.15) is 10.5 Å². The minimum Gasteiger partial charge on any atom is -0.477 e. The van der Waals surface area contributed by atoms with E-state index in [1.807, 2.05) is 0 Å². The highest BCUT2D eigenvalue weighted by Gasteiger charge is 2.12. The monoisotopic (exact) mass is 233 g/mol. The largest absolute Gasteiger partial charge is 0.477 e. The first-order chi connectivity index (χ1) is 8.08. The molecule has 0 fully saturated rings. The van der Waals surface area contributed by atoms with Crippen LogP contribution in [0.2, 0.25) is 0 Å². The number of anilines is 1. The molecule has 2 rings (SSSR count). The number of hydrogen-bond acceptors (Lipinski definition) is 4. The van der Waals surface area contributed by atoms with Crippen molar-refractivity contribution < 1.29 is 14.3 Å². The number of halogens is 1. The summed E-state index contributed by atoms with van der Waals surface area (Å²) < 4.78 is 13.5. The summed E-state index contributed by atoms with van der Waals surface area (Å²) in [6, 6.07) is 6.93. The van der Waals surface area contributed by atoms with Crippen molar-refractivity contribution in [3.63, 3.8) is 0 Å². The summed E-state index contributed by atoms with van der Waals surface area (Å²) in [6.07, 6.45) is 0. The molecule has 1 aromatic heterocycles. The summed E-state index contributed by atoms with van der Waals surface area (Å²) in [7, 11) is 0. The third-order valence-electron chi connectivity index (χ3n) is 2.08. The Bertz CT molecular complexity index is 587. The maximum atomic E-state index is 13.5. The normalized spacial score (nSPS) is 10.2. The molecule has 0 saturated carbocycles. The molecule has 0 aliphatic heterocycles. The number of benzene rings is 1. The van der Waals surface area contributed by atoms with Gasteiger partial charge in [0.2, 0.25) is 0 Å². The highest BCUT2D eigenvalue weighted by Crippen LogP contribution is 2.20. The molecule has 86 valence electrons. The van der Waals surface area contributed by atoms with Crippen molar-refractivity contribution in [1.82, 2.24) is 9.97 Å². The van der Waals surface area contributed by atoms with Crippen LogP contribution >= 0.6 is 0 Å². The van der Waals surface area contributed by atoms with Crippen molar-refractivity contribution in [1.29, 1.82) is 0 Å². The minimum absolute atomic E-state index is 0.0179. The summed E-state index contributed by atoms with van der Waals surface area (Å²) >= 11 is 0. The van der Waals surface area contributed by atoms with Gasteiger partial charge in [-0.1, -0.05) is 12.1 Å². The molecule has 2 aromatic rings. The second-order valence-electron chi connectivity index (χ2n) is 3.29. The number of aromatic nitrogens is 2. The summed E-state index contributed by atoms with van der Waals surface area (Å²) in [4.78, 5) is 18.3. The minimum atomic E-state index is -1.24. The van der Waals surface area contributed by atoms with Crippen molar-refractivity contribution in [3.8, 4) is 11.4 Å². The summed E-state index contributed by atoms with van der Waals surface area (Å²) in [5, 5.41) is 8.81. The molecule has 3 N–H and O–H groups in total. The zero-order valence-electron chi connectivity index (χ0n) is 8.59. The number of nitrogen functional groups attached to an aromatic ring is 1. The number of hydrogen-bond donors (Lipinski definition) is 2. The van der Waals surface area contributed by atoms with Gasteiger partial charge in [0, 0.05) is 6.07 Å². The first-order valence-corrected chi connectivity index (χ1v) is 4.70. The Morgan fingerprint density at radius 1 is 1.29 bits per heavy atom. The van der Waals surface area contributed by atoms with Gasteiger partial charge in [-0.15, -0.1) is 0 Å². The molecule has 0 saturated heterocycles. The molecule has 0 aliphatic carbocycles. The van der Waals surface area contributed by atoms with Crippen LogP contribution < -0.4 is 5.73 Å². The zero-order chi connectivity index (χ0) is 12.4. The van der Waals surface area contributed by atoms with Gasteiger partial charge in [-0.25, -0.2) is 19.2 Å². The molecule has 1 heterocycles. The number of rotatable bonds is 2. The predicted molar refractivity (Wildman–Crippen MR) is 58.8 cm³/mol. The van der Waals surface area contributed by atoms with E-state index in [1.54, 1.807) is 6.07 Å². The molecule has 5 nitrogen and oxygen atoms in total. The standard InChI is InChI=1S/C11H8FN3O2/c12-7-4-2-1-3-6(7)10-14-8(11(16)17)5-9(13)15-10/h1-5H,(H,16,17)(H2,13,14,15). The molecular weight excluding hydrogens is 225 g/mol. The van der Waals surface area contributed by atoms with E-state index in [1.165, 1.54) is 18.2 Å². The van der Waals surface area contributed by atoms with Crippen LogP contribution in [0, 0.1) is 5.82 Å². The second-order valence-corrected chi connectivity index (χ2v) is 3.29. The van der Waals surface area contributed by atoms with Gasteiger partial charge < -0.3 is 10.8 Å². The maximum absolute atomic E-state index is 13.5. The zero-order valence-corrected chi connectivity index (χ0v) is 8.59. The number of nitrogens with two attached hydrogens (primary N) is 1. The molecule has 6 heteroatoms. The number of carboxylic acids is 1. The SMILES string of the molecule is Nc1cc(C(=O)O)nc(-c2ccccc2F)n1. The van der Waals surface area contributed by atoms with Gasteiger partial charge in [0.15, 0.2) is 11.5 Å². The fraction of sp³-hybridized carbons (Fsp3) is 0. The van der Waals surface area contributed by atoms with Crippen LogP contribution in [-0.4, -0.2) is 21.0 Å². The van der Waals surface area contributed by atoms with E-state index in [-0.39, 0.29) is 22.9 Å². The van der Waals surface area contributed by atoms with E-state index >= 15 is 0 Å². The van der Waals surface area contributed by atoms with Crippen LogP contribution in [0.4, 0.5) is 10.2 Å². The summed E-state index contributed by atoms with van der Waals surface area (Å²) in [6.45, 7) is 0. The lowest BCUT2D eigenvalue weighted by atomic mass is 10.2. The lowest BCUT2D eigenvalue weighted by Gasteiger charge is -2.04. The van der Waals surface area contributed by atoms with Crippen LogP contribution in [0.15, 0.2) is 30.3 Å². The highest BCUT2D eigenvalue weighted by molar-refractivity contribution is 5.86. The maximum Gasteiger partial charge on any atom is 0.354 e. The first-order valence-electron chi connectivity index (χ1n) is 4.70. The molecule has 0 atom stereocenters. The number of nitrogens with zero attached hydrogens (tertiary/aromatic N) is 2. The lowest BCUT2D eigenvalue weighted by molar-refractivity contribution is 0.0690. The molecule has 0 spiro atoms. The Hall–Kier alpha value is -2.50. The predicted octanol–water partition coefficient (Wildman–Crippen LogP) is 1.56. The van der Waals surface area contributed by atoms with E-state index in [9.17, 15) is 9.18 Å². The van der Waals surface area contributed by atoms with E-state index in [2.05, 4.69) is 9.97 Å². The van der Waals surface area contributed by atoms with Crippen LogP contribution in [0.25, 0.3) is 11.4 Å². The van der Waals surface area contributed by atoms with Crippen molar-refractivity contribution >= 4 is 11.8 Å². The third-order valence-corrected chi connectivity index (χ3v) is 2.08. The Labute approximate surface area is 95.8 Å². The van der Waals surface area contributed by atoms with Crippen molar-refractivity contribution in [2.75, 3.05) is 5.73 Å². The Morgan fingerprint density at radius 3 is 2.65 bits per heavy atom. The summed E-state index contributed by atoms with van der Waals surface area (Å²) in [5.41, 5.74) is 5.29. The number of carboxylic acid groups (broad SMARTS) is 1. The second kappa shape index (κ2) is 4.17. The topological polar surface area (TPSA) is 89.1 Å². The Kier molecular flexibility index (Phi) is 2.70. The Morgan fingerprint density at radius 2 is 2.00 bits per heavy atom. The molecule has 0 radical (unpaired) electrons. The molecule has 0 amide bonds. The summed E-state index contributed by atoms with van der Waals surface area (Å²) in [5.74, 6) is -1.83. The van der Waals surface area contributed by atoms with Crippen LogP contribution in [-0.2, 0) is 0 Å². The lowest BCUT2D eigenvalue weighted by Crippen LogP contribution is -2.06. The molecule has 0 aliphatic rings. The number of aromatic carboxylic acids is 1. The van der Waals surface area contributed by atoms with E-state index < -0.39 is 11.8 Å². The van der Waals surface area contributed by atoms with Gasteiger partial charge in [0.1, 0.15) is 11.6 Å². The van der Waals surface area contributed by atoms with Crippen molar-refractivity contribution in [2.45, 2.75) is 0 Å². The van der Waals surface area contributed by atoms with E-state index in [0.29, 0.717) is 0 Å². The molecule has 0 bridgehead atoms. The smallest absolute Gasteiger partial charge is 0.354 e. The van der Waals surface area contributed by atoms with Crippen molar-refractivity contribution in [2.24, 2.45) is 0 Å². The first kappa shape index (κ1) is 11.0. The average Bonchev–Trinajstić information content (AvgIpc) is 2.28. The number of carbonyl (C=O) groups is 1. The fourth-order valence-electron chi connectivity index (χ4n) is 1.34. The molecule has 17 heavy (non-hydrogen) atoms. The van der Waals surface area contributed by atoms with Gasteiger partial charge in [-0.2, -0.15) is 0 Å². The van der Waals surface area contributed by atoms with Gasteiger partial charge in [-0.05, 0) is 12.1 Å². The van der Waals surface area contributed by atoms with Crippen molar-refractivity contribution in [3.05, 3.63) is 41.8 Å². The van der Waals surface area contributed by atoms with Gasteiger partial charge in [0.25, 0.3) is 0 Å². The van der Waals surface area contributed by atoms with E-state index in [4.69, 9.17) is 10.8 Å². The molecule has 0 unspecified atom stereocenters. The van der Waals surface area contributed by atoms with Gasteiger partial charge in [0.05, 0.1) is 5.56 Å². The Balaban J connectivity index is 2.60. The molecular formula is C11H8FN3O2. The van der Waals surface area contributed by atoms with Crippen LogP contribution in [0.3, 0.4) is 0 Å². The van der Waals surface area contributed by atoms with Gasteiger partial charge in [-0.3, -0.25) is 0 Å². The van der Waals surface area contributed by atoms with E-state index in [0.717, 1.165) is 6.07 Å². The van der Waals surface area contributed by atoms with Gasteiger partial charge >= 0.3 is 5.97 Å².